The number of nitrogens with one attached hydrogen (secondary N) is 1. The van der Waals surface area contributed by atoms with E-state index >= 15 is 0 Å². The van der Waals surface area contributed by atoms with Crippen molar-refractivity contribution in [3.05, 3.63) is 65.2 Å². The van der Waals surface area contributed by atoms with Crippen LogP contribution >= 0.6 is 0 Å². The lowest BCUT2D eigenvalue weighted by Crippen LogP contribution is -2.33. The van der Waals surface area contributed by atoms with Crippen LogP contribution in [0, 0.1) is 11.3 Å². The molecular weight excluding hydrogens is 374 g/mol. The Morgan fingerprint density at radius 3 is 2.53 bits per heavy atom. The molecule has 0 fully saturated rings. The summed E-state index contributed by atoms with van der Waals surface area (Å²) in [5.41, 5.74) is 4.68. The Hall–Kier alpha value is -3.13. The minimum Gasteiger partial charge on any atom is -0.350 e. The van der Waals surface area contributed by atoms with Crippen molar-refractivity contribution in [2.24, 2.45) is 0 Å². The second-order valence-electron chi connectivity index (χ2n) is 7.81. The van der Waals surface area contributed by atoms with Crippen LogP contribution in [0.4, 0.5) is 5.69 Å². The molecule has 1 unspecified atom stereocenters. The van der Waals surface area contributed by atoms with E-state index in [0.29, 0.717) is 6.54 Å². The van der Waals surface area contributed by atoms with Gasteiger partial charge in [-0.1, -0.05) is 36.4 Å². The van der Waals surface area contributed by atoms with E-state index in [-0.39, 0.29) is 37.1 Å². The Balaban J connectivity index is 1.55. The van der Waals surface area contributed by atoms with Crippen molar-refractivity contribution < 1.29 is 9.59 Å². The molecule has 0 aliphatic heterocycles. The molecule has 1 aliphatic carbocycles. The highest BCUT2D eigenvalue weighted by molar-refractivity contribution is 5.95. The van der Waals surface area contributed by atoms with Gasteiger partial charge in [-0.2, -0.15) is 5.26 Å². The standard InChI is InChI=1S/C25H29N3O2/c1-19(21-13-12-20-8-5-6-9-22(20)18-21)27-24(29)14-15-25(30)28(17-7-16-26)23-10-3-2-4-11-23/h2-4,10-13,18-19H,5-9,14-15,17H2,1H3,(H,27,29). The van der Waals surface area contributed by atoms with Gasteiger partial charge in [0.2, 0.25) is 11.8 Å². The first-order valence-corrected chi connectivity index (χ1v) is 10.7. The predicted molar refractivity (Wildman–Crippen MR) is 118 cm³/mol. The monoisotopic (exact) mass is 403 g/mol. The molecule has 2 aromatic carbocycles. The van der Waals surface area contributed by atoms with Crippen LogP contribution in [0.1, 0.15) is 61.8 Å². The molecule has 1 aliphatic rings. The van der Waals surface area contributed by atoms with Crippen LogP contribution in [0.5, 0.6) is 0 Å². The van der Waals surface area contributed by atoms with Crippen LogP contribution in [-0.4, -0.2) is 18.4 Å². The SMILES string of the molecule is CC(NC(=O)CCC(=O)N(CCC#N)c1ccccc1)c1ccc2c(c1)CCCC2. The highest BCUT2D eigenvalue weighted by atomic mass is 16.2. The topological polar surface area (TPSA) is 73.2 Å². The third-order valence-electron chi connectivity index (χ3n) is 5.63. The lowest BCUT2D eigenvalue weighted by Gasteiger charge is -2.22. The van der Waals surface area contributed by atoms with Gasteiger partial charge in [0, 0.05) is 25.1 Å². The fourth-order valence-electron chi connectivity index (χ4n) is 3.94. The lowest BCUT2D eigenvalue weighted by atomic mass is 9.89. The van der Waals surface area contributed by atoms with E-state index in [1.54, 1.807) is 4.90 Å². The first-order chi connectivity index (χ1) is 14.6. The number of fused-ring (bicyclic) bond motifs is 1. The van der Waals surface area contributed by atoms with Gasteiger partial charge in [0.05, 0.1) is 18.5 Å². The van der Waals surface area contributed by atoms with Crippen molar-refractivity contribution >= 4 is 17.5 Å². The number of nitrogens with zero attached hydrogens (tertiary/aromatic N) is 2. The van der Waals surface area contributed by atoms with E-state index in [9.17, 15) is 9.59 Å². The lowest BCUT2D eigenvalue weighted by molar-refractivity contribution is -0.125. The Bertz CT molecular complexity index is 918. The molecule has 0 spiro atoms. The van der Waals surface area contributed by atoms with Crippen molar-refractivity contribution in [2.75, 3.05) is 11.4 Å². The molecule has 5 heteroatoms. The van der Waals surface area contributed by atoms with E-state index in [1.165, 1.54) is 24.0 Å². The van der Waals surface area contributed by atoms with Gasteiger partial charge < -0.3 is 10.2 Å². The summed E-state index contributed by atoms with van der Waals surface area (Å²) in [6.45, 7) is 2.31. The minimum absolute atomic E-state index is 0.0938. The molecule has 0 saturated heterocycles. The van der Waals surface area contributed by atoms with E-state index in [0.717, 1.165) is 24.1 Å². The third-order valence-corrected chi connectivity index (χ3v) is 5.63. The van der Waals surface area contributed by atoms with Crippen molar-refractivity contribution in [2.45, 2.75) is 57.9 Å². The predicted octanol–water partition coefficient (Wildman–Crippen LogP) is 4.47. The highest BCUT2D eigenvalue weighted by Gasteiger charge is 2.18. The van der Waals surface area contributed by atoms with Crippen molar-refractivity contribution in [3.8, 4) is 6.07 Å². The fourth-order valence-corrected chi connectivity index (χ4v) is 3.94. The maximum atomic E-state index is 12.7. The molecule has 2 amide bonds. The van der Waals surface area contributed by atoms with Crippen LogP contribution in [0.25, 0.3) is 0 Å². The van der Waals surface area contributed by atoms with Gasteiger partial charge in [-0.15, -0.1) is 0 Å². The summed E-state index contributed by atoms with van der Waals surface area (Å²) >= 11 is 0. The van der Waals surface area contributed by atoms with Gasteiger partial charge in [-0.25, -0.2) is 0 Å². The maximum absolute atomic E-state index is 12.7. The normalized spacial score (nSPS) is 13.6. The number of anilines is 1. The van der Waals surface area contributed by atoms with Crippen LogP contribution in [0.2, 0.25) is 0 Å². The first kappa shape index (κ1) is 21.6. The van der Waals surface area contributed by atoms with Crippen molar-refractivity contribution in [3.63, 3.8) is 0 Å². The second kappa shape index (κ2) is 10.6. The molecule has 0 bridgehead atoms. The van der Waals surface area contributed by atoms with E-state index in [4.69, 9.17) is 5.26 Å². The molecule has 0 radical (unpaired) electrons. The van der Waals surface area contributed by atoms with Crippen LogP contribution in [-0.2, 0) is 22.4 Å². The summed E-state index contributed by atoms with van der Waals surface area (Å²) in [5.74, 6) is -0.283. The van der Waals surface area contributed by atoms with Gasteiger partial charge in [0.15, 0.2) is 0 Å². The molecule has 30 heavy (non-hydrogen) atoms. The average Bonchev–Trinajstić information content (AvgIpc) is 2.78. The maximum Gasteiger partial charge on any atom is 0.227 e. The number of carbonyl (C=O) groups excluding carboxylic acids is 2. The number of hydrogen-bond donors (Lipinski definition) is 1. The van der Waals surface area contributed by atoms with Crippen molar-refractivity contribution in [1.29, 1.82) is 5.26 Å². The summed E-state index contributed by atoms with van der Waals surface area (Å²) in [6.07, 6.45) is 5.22. The molecule has 0 heterocycles. The Kier molecular flexibility index (Phi) is 7.62. The van der Waals surface area contributed by atoms with Crippen LogP contribution in [0.3, 0.4) is 0 Å². The molecule has 0 saturated carbocycles. The summed E-state index contributed by atoms with van der Waals surface area (Å²) in [5, 5.41) is 11.9. The summed E-state index contributed by atoms with van der Waals surface area (Å²) in [7, 11) is 0. The molecular formula is C25H29N3O2. The molecule has 3 rings (SSSR count). The smallest absolute Gasteiger partial charge is 0.227 e. The number of amides is 2. The Morgan fingerprint density at radius 1 is 1.07 bits per heavy atom. The zero-order valence-electron chi connectivity index (χ0n) is 17.6. The fraction of sp³-hybridized carbons (Fsp3) is 0.400. The van der Waals surface area contributed by atoms with E-state index in [1.807, 2.05) is 37.3 Å². The van der Waals surface area contributed by atoms with Crippen molar-refractivity contribution in [1.82, 2.24) is 5.32 Å². The molecule has 5 nitrogen and oxygen atoms in total. The highest BCUT2D eigenvalue weighted by Crippen LogP contribution is 2.25. The third kappa shape index (κ3) is 5.70. The summed E-state index contributed by atoms with van der Waals surface area (Å²) in [6, 6.07) is 17.8. The number of para-hydroxylation sites is 1. The molecule has 156 valence electrons. The zero-order chi connectivity index (χ0) is 21.3. The Labute approximate surface area is 178 Å². The van der Waals surface area contributed by atoms with Gasteiger partial charge in [-0.05, 0) is 61.4 Å². The number of rotatable bonds is 8. The van der Waals surface area contributed by atoms with E-state index < -0.39 is 0 Å². The number of hydrogen-bond acceptors (Lipinski definition) is 3. The van der Waals surface area contributed by atoms with E-state index in [2.05, 4.69) is 29.6 Å². The number of benzene rings is 2. The molecule has 2 aromatic rings. The van der Waals surface area contributed by atoms with Gasteiger partial charge in [-0.3, -0.25) is 9.59 Å². The molecule has 1 atom stereocenters. The minimum atomic E-state index is -0.145. The quantitative estimate of drug-likeness (QED) is 0.707. The second-order valence-corrected chi connectivity index (χ2v) is 7.81. The number of nitriles is 1. The molecule has 0 aromatic heterocycles. The van der Waals surface area contributed by atoms with Crippen LogP contribution < -0.4 is 10.2 Å². The number of carbonyl (C=O) groups is 2. The summed E-state index contributed by atoms with van der Waals surface area (Å²) in [4.78, 5) is 26.8. The van der Waals surface area contributed by atoms with Crippen LogP contribution in [0.15, 0.2) is 48.5 Å². The van der Waals surface area contributed by atoms with Gasteiger partial charge in [0.1, 0.15) is 0 Å². The largest absolute Gasteiger partial charge is 0.350 e. The average molecular weight is 404 g/mol. The summed E-state index contributed by atoms with van der Waals surface area (Å²) < 4.78 is 0. The first-order valence-electron chi connectivity index (χ1n) is 10.7. The van der Waals surface area contributed by atoms with Gasteiger partial charge >= 0.3 is 0 Å². The molecule has 1 N–H and O–H groups in total. The number of aryl methyl sites for hydroxylation is 2. The zero-order valence-corrected chi connectivity index (χ0v) is 17.6. The van der Waals surface area contributed by atoms with Gasteiger partial charge in [0.25, 0.3) is 0 Å². The Morgan fingerprint density at radius 2 is 1.80 bits per heavy atom.